The van der Waals surface area contributed by atoms with Gasteiger partial charge in [0.25, 0.3) is 0 Å². The van der Waals surface area contributed by atoms with E-state index in [-0.39, 0.29) is 6.10 Å². The Hall–Kier alpha value is -1.65. The number of para-hydroxylation sites is 1. The first-order chi connectivity index (χ1) is 9.63. The molecule has 106 valence electrons. The highest BCUT2D eigenvalue weighted by molar-refractivity contribution is 5.81. The summed E-state index contributed by atoms with van der Waals surface area (Å²) in [6.07, 6.45) is 0.279. The number of hydrogen-bond acceptors (Lipinski definition) is 4. The van der Waals surface area contributed by atoms with Gasteiger partial charge in [-0.3, -0.25) is 4.90 Å². The van der Waals surface area contributed by atoms with Crippen LogP contribution in [0.15, 0.2) is 30.3 Å². The van der Waals surface area contributed by atoms with Crippen LogP contribution in [-0.2, 0) is 11.3 Å². The third-order valence-corrected chi connectivity index (χ3v) is 3.95. The Balaban J connectivity index is 1.88. The minimum absolute atomic E-state index is 0.279. The zero-order valence-corrected chi connectivity index (χ0v) is 12.0. The third kappa shape index (κ3) is 2.62. The van der Waals surface area contributed by atoms with E-state index in [9.17, 15) is 0 Å². The van der Waals surface area contributed by atoms with Gasteiger partial charge in [0.05, 0.1) is 18.2 Å². The number of fused-ring (bicyclic) bond motifs is 1. The summed E-state index contributed by atoms with van der Waals surface area (Å²) in [5.41, 5.74) is 8.17. The van der Waals surface area contributed by atoms with Crippen molar-refractivity contribution in [2.24, 2.45) is 0 Å². The van der Waals surface area contributed by atoms with Gasteiger partial charge in [-0.15, -0.1) is 0 Å². The van der Waals surface area contributed by atoms with Crippen molar-refractivity contribution in [1.82, 2.24) is 9.88 Å². The maximum atomic E-state index is 6.11. The van der Waals surface area contributed by atoms with Crippen LogP contribution in [0, 0.1) is 0 Å². The van der Waals surface area contributed by atoms with Crippen LogP contribution in [0.2, 0.25) is 0 Å². The molecule has 2 unspecified atom stereocenters. The van der Waals surface area contributed by atoms with E-state index in [4.69, 9.17) is 10.5 Å². The fraction of sp³-hybridized carbons (Fsp3) is 0.438. The summed E-state index contributed by atoms with van der Waals surface area (Å²) in [5.74, 6) is 0.634. The maximum absolute atomic E-state index is 6.11. The Morgan fingerprint density at radius 1 is 1.35 bits per heavy atom. The number of pyridine rings is 1. The SMILES string of the molecule is CC1CN(Cc2cc3ccccc3nc2N)C(C)CO1. The van der Waals surface area contributed by atoms with Crippen LogP contribution in [0.25, 0.3) is 10.9 Å². The quantitative estimate of drug-likeness (QED) is 0.911. The minimum Gasteiger partial charge on any atom is -0.383 e. The lowest BCUT2D eigenvalue weighted by Gasteiger charge is -2.36. The van der Waals surface area contributed by atoms with Crippen molar-refractivity contribution in [3.63, 3.8) is 0 Å². The first-order valence-electron chi connectivity index (χ1n) is 7.13. The van der Waals surface area contributed by atoms with Gasteiger partial charge >= 0.3 is 0 Å². The van der Waals surface area contributed by atoms with E-state index in [0.717, 1.165) is 36.2 Å². The molecule has 2 aromatic rings. The molecule has 0 amide bonds. The number of ether oxygens (including phenoxy) is 1. The second kappa shape index (κ2) is 5.38. The van der Waals surface area contributed by atoms with Gasteiger partial charge in [-0.05, 0) is 26.0 Å². The first-order valence-corrected chi connectivity index (χ1v) is 7.13. The Kier molecular flexibility index (Phi) is 3.59. The molecule has 3 rings (SSSR count). The Bertz CT molecular complexity index is 614. The zero-order valence-electron chi connectivity index (χ0n) is 12.0. The highest BCUT2D eigenvalue weighted by atomic mass is 16.5. The number of rotatable bonds is 2. The summed E-state index contributed by atoms with van der Waals surface area (Å²) >= 11 is 0. The predicted octanol–water partition coefficient (Wildman–Crippen LogP) is 2.43. The number of benzene rings is 1. The smallest absolute Gasteiger partial charge is 0.128 e. The van der Waals surface area contributed by atoms with E-state index in [0.29, 0.717) is 11.9 Å². The molecule has 4 heteroatoms. The van der Waals surface area contributed by atoms with Gasteiger partial charge in [-0.1, -0.05) is 18.2 Å². The van der Waals surface area contributed by atoms with Crippen LogP contribution in [0.5, 0.6) is 0 Å². The molecular weight excluding hydrogens is 250 g/mol. The first kappa shape index (κ1) is 13.3. The summed E-state index contributed by atoms with van der Waals surface area (Å²) in [5, 5.41) is 1.14. The topological polar surface area (TPSA) is 51.4 Å². The molecule has 0 saturated carbocycles. The highest BCUT2D eigenvalue weighted by Crippen LogP contribution is 2.22. The summed E-state index contributed by atoms with van der Waals surface area (Å²) in [7, 11) is 0. The third-order valence-electron chi connectivity index (χ3n) is 3.95. The number of hydrogen-bond donors (Lipinski definition) is 1. The molecule has 4 nitrogen and oxygen atoms in total. The predicted molar refractivity (Wildman–Crippen MR) is 81.4 cm³/mol. The number of nitrogen functional groups attached to an aromatic ring is 1. The summed E-state index contributed by atoms with van der Waals surface area (Å²) < 4.78 is 5.67. The van der Waals surface area contributed by atoms with Crippen LogP contribution in [0.1, 0.15) is 19.4 Å². The van der Waals surface area contributed by atoms with Gasteiger partial charge in [0.1, 0.15) is 5.82 Å². The summed E-state index contributed by atoms with van der Waals surface area (Å²) in [4.78, 5) is 6.92. The van der Waals surface area contributed by atoms with Gasteiger partial charge in [-0.25, -0.2) is 4.98 Å². The number of nitrogens with zero attached hydrogens (tertiary/aromatic N) is 2. The molecule has 1 aromatic carbocycles. The monoisotopic (exact) mass is 271 g/mol. The lowest BCUT2D eigenvalue weighted by atomic mass is 10.1. The molecule has 2 heterocycles. The van der Waals surface area contributed by atoms with Gasteiger partial charge in [0, 0.05) is 30.1 Å². The molecule has 1 saturated heterocycles. The van der Waals surface area contributed by atoms with Gasteiger partial charge in [-0.2, -0.15) is 0 Å². The maximum Gasteiger partial charge on any atom is 0.128 e. The fourth-order valence-corrected chi connectivity index (χ4v) is 2.71. The molecule has 2 N–H and O–H groups in total. The van der Waals surface area contributed by atoms with Crippen molar-refractivity contribution in [3.05, 3.63) is 35.9 Å². The number of aromatic nitrogens is 1. The van der Waals surface area contributed by atoms with Crippen molar-refractivity contribution in [2.45, 2.75) is 32.5 Å². The molecule has 1 aliphatic heterocycles. The van der Waals surface area contributed by atoms with Crippen LogP contribution in [0.3, 0.4) is 0 Å². The average molecular weight is 271 g/mol. The van der Waals surface area contributed by atoms with Gasteiger partial charge < -0.3 is 10.5 Å². The Labute approximate surface area is 119 Å². The van der Waals surface area contributed by atoms with Crippen LogP contribution in [-0.4, -0.2) is 35.2 Å². The number of anilines is 1. The number of nitrogens with two attached hydrogens (primary N) is 1. The lowest BCUT2D eigenvalue weighted by molar-refractivity contribution is -0.0526. The van der Waals surface area contributed by atoms with Crippen LogP contribution < -0.4 is 5.73 Å². The van der Waals surface area contributed by atoms with E-state index in [1.807, 2.05) is 18.2 Å². The van der Waals surface area contributed by atoms with E-state index >= 15 is 0 Å². The molecule has 1 fully saturated rings. The van der Waals surface area contributed by atoms with Crippen molar-refractivity contribution in [3.8, 4) is 0 Å². The molecule has 1 aromatic heterocycles. The van der Waals surface area contributed by atoms with E-state index in [2.05, 4.69) is 35.9 Å². The molecule has 20 heavy (non-hydrogen) atoms. The van der Waals surface area contributed by atoms with Crippen molar-refractivity contribution < 1.29 is 4.74 Å². The average Bonchev–Trinajstić information content (AvgIpc) is 2.43. The highest BCUT2D eigenvalue weighted by Gasteiger charge is 2.24. The number of morpholine rings is 1. The largest absolute Gasteiger partial charge is 0.383 e. The second-order valence-electron chi connectivity index (χ2n) is 5.65. The van der Waals surface area contributed by atoms with Gasteiger partial charge in [0.15, 0.2) is 0 Å². The van der Waals surface area contributed by atoms with Crippen molar-refractivity contribution in [1.29, 1.82) is 0 Å². The fourth-order valence-electron chi connectivity index (χ4n) is 2.71. The van der Waals surface area contributed by atoms with E-state index in [1.54, 1.807) is 0 Å². The molecule has 2 atom stereocenters. The van der Waals surface area contributed by atoms with Crippen molar-refractivity contribution in [2.75, 3.05) is 18.9 Å². The Morgan fingerprint density at radius 3 is 3.00 bits per heavy atom. The minimum atomic E-state index is 0.279. The molecule has 0 bridgehead atoms. The Morgan fingerprint density at radius 2 is 2.15 bits per heavy atom. The van der Waals surface area contributed by atoms with Crippen molar-refractivity contribution >= 4 is 16.7 Å². The molecule has 0 radical (unpaired) electrons. The molecular formula is C16H21N3O. The molecule has 0 aliphatic carbocycles. The zero-order chi connectivity index (χ0) is 14.1. The lowest BCUT2D eigenvalue weighted by Crippen LogP contribution is -2.46. The normalized spacial score (nSPS) is 24.1. The molecule has 0 spiro atoms. The van der Waals surface area contributed by atoms with Crippen LogP contribution in [0.4, 0.5) is 5.82 Å². The summed E-state index contributed by atoms with van der Waals surface area (Å²) in [6, 6.07) is 10.7. The van der Waals surface area contributed by atoms with E-state index in [1.165, 1.54) is 0 Å². The van der Waals surface area contributed by atoms with Crippen LogP contribution >= 0.6 is 0 Å². The summed E-state index contributed by atoms with van der Waals surface area (Å²) in [6.45, 7) is 6.85. The standard InChI is InChI=1S/C16H21N3O/c1-11-10-20-12(2)8-19(11)9-14-7-13-5-3-4-6-15(13)18-16(14)17/h3-7,11-12H,8-10H2,1-2H3,(H2,17,18). The second-order valence-corrected chi connectivity index (χ2v) is 5.65. The van der Waals surface area contributed by atoms with E-state index < -0.39 is 0 Å². The van der Waals surface area contributed by atoms with Gasteiger partial charge in [0.2, 0.25) is 0 Å². The molecule has 1 aliphatic rings.